The largest absolute Gasteiger partial charge is 0.493 e. The molecule has 1 aromatic heterocycles. The molecule has 0 unspecified atom stereocenters. The molecule has 4 aromatic rings. The van der Waals surface area contributed by atoms with Gasteiger partial charge in [0.2, 0.25) is 17.7 Å². The highest BCUT2D eigenvalue weighted by molar-refractivity contribution is 8.00. The smallest absolute Gasteiger partial charge is 0.416 e. The first kappa shape index (κ1) is 34.1. The normalized spacial score (nSPS) is 19.0. The summed E-state index contributed by atoms with van der Waals surface area (Å²) >= 11 is 1.53. The number of fused-ring (bicyclic) bond motifs is 2. The van der Waals surface area contributed by atoms with E-state index in [1.165, 1.54) is 26.4 Å². The molecule has 0 spiro atoms. The van der Waals surface area contributed by atoms with Crippen molar-refractivity contribution in [1.29, 1.82) is 0 Å². The average Bonchev–Trinajstić information content (AvgIpc) is 3.49. The van der Waals surface area contributed by atoms with Crippen LogP contribution >= 0.6 is 23.1 Å². The van der Waals surface area contributed by atoms with E-state index in [1.807, 2.05) is 0 Å². The Morgan fingerprint density at radius 3 is 2.14 bits per heavy atom. The Kier molecular flexibility index (Phi) is 8.77. The average molecular weight is 724 g/mol. The van der Waals surface area contributed by atoms with Crippen LogP contribution in [0, 0.1) is 5.92 Å². The van der Waals surface area contributed by atoms with Gasteiger partial charge in [-0.3, -0.25) is 23.7 Å². The third-order valence-electron chi connectivity index (χ3n) is 8.02. The van der Waals surface area contributed by atoms with Gasteiger partial charge in [0.25, 0.3) is 0 Å². The highest BCUT2D eigenvalue weighted by atomic mass is 32.2. The minimum Gasteiger partial charge on any atom is -0.493 e. The molecule has 3 heterocycles. The Morgan fingerprint density at radius 1 is 0.837 bits per heavy atom. The Balaban J connectivity index is 1.42. The molecule has 3 atom stereocenters. The van der Waals surface area contributed by atoms with Crippen molar-refractivity contribution in [3.05, 3.63) is 98.0 Å². The number of hydrogen-bond acceptors (Lipinski definition) is 8. The summed E-state index contributed by atoms with van der Waals surface area (Å²) in [6.07, 6.45) is -9.41. The highest BCUT2D eigenvalue weighted by Crippen LogP contribution is 2.54. The van der Waals surface area contributed by atoms with E-state index in [1.54, 1.807) is 18.2 Å². The monoisotopic (exact) mass is 723 g/mol. The Hall–Kier alpha value is -4.77. The molecule has 1 saturated heterocycles. The number of hydrogen-bond donors (Lipinski definition) is 1. The molecule has 17 heteroatoms. The minimum absolute atomic E-state index is 0.155. The van der Waals surface area contributed by atoms with Crippen LogP contribution in [0.25, 0.3) is 0 Å². The van der Waals surface area contributed by atoms with Gasteiger partial charge in [-0.05, 0) is 54.1 Å². The number of nitrogens with one attached hydrogen (secondary N) is 1. The van der Waals surface area contributed by atoms with Gasteiger partial charge in [-0.2, -0.15) is 26.3 Å². The maximum absolute atomic E-state index is 14.1. The molecule has 2 aliphatic heterocycles. The molecule has 0 saturated carbocycles. The number of thiazole rings is 1. The number of benzene rings is 3. The number of anilines is 2. The molecule has 0 aliphatic carbocycles. The van der Waals surface area contributed by atoms with Gasteiger partial charge in [-0.25, -0.2) is 4.90 Å². The second kappa shape index (κ2) is 12.6. The van der Waals surface area contributed by atoms with Crippen LogP contribution in [0.1, 0.15) is 27.5 Å². The number of imide groups is 1. The molecule has 6 rings (SSSR count). The number of carbonyl (C=O) groups excluding carboxylic acids is 3. The molecule has 0 bridgehead atoms. The summed E-state index contributed by atoms with van der Waals surface area (Å²) in [4.78, 5) is 54.8. The molecule has 9 nitrogen and oxygen atoms in total. The number of methoxy groups -OCH3 is 2. The topological polar surface area (TPSA) is 107 Å². The summed E-state index contributed by atoms with van der Waals surface area (Å²) in [6, 6.07) is 12.4. The Bertz CT molecular complexity index is 2040. The summed E-state index contributed by atoms with van der Waals surface area (Å²) in [5.74, 6) is -4.02. The number of amides is 3. The van der Waals surface area contributed by atoms with Crippen LogP contribution in [0.5, 0.6) is 11.5 Å². The van der Waals surface area contributed by atoms with Gasteiger partial charge in [-0.15, -0.1) is 0 Å². The lowest BCUT2D eigenvalue weighted by atomic mass is 9.83. The number of nitrogens with zero attached hydrogens (tertiary/aromatic N) is 2. The number of ether oxygens (including phenoxy) is 2. The molecule has 1 fully saturated rings. The molecule has 256 valence electrons. The standard InChI is InChI=1S/C32H23F6N3O6S2/c1-46-20-10-9-15(11-21(20)47-2)23-24-25(28(44)41(27(24)43)19-8-4-6-17(13-19)32(36,37)38)48-29-26(23)49-30(45)40(29)14-22(42)39-18-7-3-5-16(12-18)31(33,34)35/h3-13,23-25H,14H2,1-2H3,(H,39,42)/t23-,24-,25+/m0/s1. The second-order valence-electron chi connectivity index (χ2n) is 11.0. The summed E-state index contributed by atoms with van der Waals surface area (Å²) in [5, 5.41) is 1.28. The molecular formula is C32H23F6N3O6S2. The van der Waals surface area contributed by atoms with E-state index >= 15 is 0 Å². The van der Waals surface area contributed by atoms with E-state index in [0.717, 1.165) is 46.7 Å². The lowest BCUT2D eigenvalue weighted by Gasteiger charge is -2.31. The van der Waals surface area contributed by atoms with Crippen molar-refractivity contribution in [3.63, 3.8) is 0 Å². The van der Waals surface area contributed by atoms with Crippen molar-refractivity contribution < 1.29 is 50.2 Å². The first-order valence-electron chi connectivity index (χ1n) is 14.3. The van der Waals surface area contributed by atoms with E-state index in [-0.39, 0.29) is 22.2 Å². The fraction of sp³-hybridized carbons (Fsp3) is 0.250. The number of alkyl halides is 6. The zero-order chi connectivity index (χ0) is 35.4. The zero-order valence-electron chi connectivity index (χ0n) is 25.2. The second-order valence-corrected chi connectivity index (χ2v) is 13.1. The maximum Gasteiger partial charge on any atom is 0.416 e. The van der Waals surface area contributed by atoms with Crippen LogP contribution in [0.2, 0.25) is 0 Å². The van der Waals surface area contributed by atoms with Gasteiger partial charge in [0.1, 0.15) is 11.8 Å². The van der Waals surface area contributed by atoms with Gasteiger partial charge < -0.3 is 14.8 Å². The lowest BCUT2D eigenvalue weighted by Crippen LogP contribution is -2.33. The highest BCUT2D eigenvalue weighted by Gasteiger charge is 2.57. The molecule has 49 heavy (non-hydrogen) atoms. The SMILES string of the molecule is COc1ccc([C@@H]2c3sc(=O)n(CC(=O)Nc4cccc(C(F)(F)F)c4)c3S[C@H]3C(=O)N(c4cccc(C(F)(F)F)c4)C(=O)[C@@H]23)cc1OC. The third kappa shape index (κ3) is 6.27. The van der Waals surface area contributed by atoms with Crippen LogP contribution in [-0.4, -0.2) is 41.8 Å². The molecule has 2 aliphatic rings. The van der Waals surface area contributed by atoms with Crippen molar-refractivity contribution in [1.82, 2.24) is 4.57 Å². The van der Waals surface area contributed by atoms with Gasteiger partial charge in [0, 0.05) is 16.5 Å². The van der Waals surface area contributed by atoms with E-state index in [2.05, 4.69) is 5.32 Å². The first-order valence-corrected chi connectivity index (χ1v) is 16.0. The fourth-order valence-electron chi connectivity index (χ4n) is 5.85. The van der Waals surface area contributed by atoms with E-state index in [0.29, 0.717) is 38.5 Å². The van der Waals surface area contributed by atoms with Crippen LogP contribution in [0.4, 0.5) is 37.7 Å². The number of halogens is 6. The van der Waals surface area contributed by atoms with E-state index in [4.69, 9.17) is 9.47 Å². The first-order chi connectivity index (χ1) is 23.1. The van der Waals surface area contributed by atoms with Crippen molar-refractivity contribution >= 4 is 52.2 Å². The van der Waals surface area contributed by atoms with Crippen molar-refractivity contribution in [2.45, 2.75) is 35.1 Å². The predicted molar refractivity (Wildman–Crippen MR) is 167 cm³/mol. The summed E-state index contributed by atoms with van der Waals surface area (Å²) in [7, 11) is 2.79. The Labute approximate surface area is 281 Å². The van der Waals surface area contributed by atoms with Gasteiger partial charge in [-0.1, -0.05) is 41.3 Å². The molecular weight excluding hydrogens is 700 g/mol. The predicted octanol–water partition coefficient (Wildman–Crippen LogP) is 6.40. The summed E-state index contributed by atoms with van der Waals surface area (Å²) in [5.41, 5.74) is -2.09. The van der Waals surface area contributed by atoms with Gasteiger partial charge in [0.15, 0.2) is 11.5 Å². The van der Waals surface area contributed by atoms with Gasteiger partial charge >= 0.3 is 17.2 Å². The van der Waals surface area contributed by atoms with E-state index in [9.17, 15) is 45.5 Å². The quantitative estimate of drug-likeness (QED) is 0.174. The van der Waals surface area contributed by atoms with Crippen LogP contribution < -0.4 is 24.6 Å². The number of carbonyl (C=O) groups is 3. The zero-order valence-corrected chi connectivity index (χ0v) is 26.9. The maximum atomic E-state index is 14.1. The van der Waals surface area contributed by atoms with Crippen LogP contribution in [0.15, 0.2) is 76.6 Å². The third-order valence-corrected chi connectivity index (χ3v) is 10.6. The molecule has 0 radical (unpaired) electrons. The van der Waals surface area contributed by atoms with Crippen LogP contribution in [0.3, 0.4) is 0 Å². The number of thioether (sulfide) groups is 1. The van der Waals surface area contributed by atoms with Gasteiger partial charge in [0.05, 0.1) is 42.0 Å². The number of rotatable bonds is 7. The van der Waals surface area contributed by atoms with Crippen molar-refractivity contribution in [3.8, 4) is 11.5 Å². The van der Waals surface area contributed by atoms with Crippen LogP contribution in [-0.2, 0) is 33.3 Å². The molecule has 3 amide bonds. The molecule has 1 N–H and O–H groups in total. The summed E-state index contributed by atoms with van der Waals surface area (Å²) < 4.78 is 92.2. The van der Waals surface area contributed by atoms with Crippen molar-refractivity contribution in [2.75, 3.05) is 24.4 Å². The molecule has 3 aromatic carbocycles. The fourth-order valence-corrected chi connectivity index (χ4v) is 8.63. The van der Waals surface area contributed by atoms with Crippen molar-refractivity contribution in [2.24, 2.45) is 5.92 Å². The minimum atomic E-state index is -4.75. The summed E-state index contributed by atoms with van der Waals surface area (Å²) in [6.45, 7) is -0.649. The number of aromatic nitrogens is 1. The van der Waals surface area contributed by atoms with E-state index < -0.39 is 69.7 Å². The lowest BCUT2D eigenvalue weighted by molar-refractivity contribution is -0.138. The Morgan fingerprint density at radius 2 is 1.49 bits per heavy atom.